The molecule has 108 valence electrons. The third kappa shape index (κ3) is 2.49. The monoisotopic (exact) mass is 430 g/mol. The number of hydrogen-bond acceptors (Lipinski definition) is 4. The summed E-state index contributed by atoms with van der Waals surface area (Å²) in [6.07, 6.45) is 0. The van der Waals surface area contributed by atoms with E-state index in [1.807, 2.05) is 24.3 Å². The summed E-state index contributed by atoms with van der Waals surface area (Å²) in [4.78, 5) is 4.03. The fourth-order valence-electron chi connectivity index (χ4n) is 1.93. The Balaban J connectivity index is 1.78. The molecule has 1 spiro atoms. The van der Waals surface area contributed by atoms with Gasteiger partial charge in [0, 0.05) is 0 Å². The molecule has 0 atom stereocenters. The fraction of sp³-hybridized carbons (Fsp3) is 0. The van der Waals surface area contributed by atoms with Crippen LogP contribution in [0, 0.1) is 0 Å². The second kappa shape index (κ2) is 5.50. The van der Waals surface area contributed by atoms with Crippen molar-refractivity contribution in [3.05, 3.63) is 44.4 Å². The molecule has 0 fully saturated rings. The normalized spacial score (nSPS) is 18.1. The van der Waals surface area contributed by atoms with Crippen molar-refractivity contribution in [1.82, 2.24) is 0 Å². The van der Waals surface area contributed by atoms with Gasteiger partial charge in [-0.15, -0.1) is 0 Å². The van der Waals surface area contributed by atoms with E-state index in [9.17, 15) is 0 Å². The minimum atomic E-state index is 0.553. The molecule has 2 heterocycles. The van der Waals surface area contributed by atoms with Crippen molar-refractivity contribution in [2.45, 2.75) is 19.6 Å². The molecule has 0 bridgehead atoms. The van der Waals surface area contributed by atoms with Crippen LogP contribution in [0.25, 0.3) is 0 Å². The average molecular weight is 432 g/mol. The standard InChI is InChI=1S/C12H4Cl4NS4/c13-5-1-2-6(14)10-9(5)18-17(19-10)20-11-7(15)3-4-8(16)12(11)21-17/h1-4H/q+1. The van der Waals surface area contributed by atoms with Gasteiger partial charge in [0.25, 0.3) is 0 Å². The lowest BCUT2D eigenvalue weighted by Crippen LogP contribution is -2.05. The van der Waals surface area contributed by atoms with Crippen molar-refractivity contribution < 1.29 is 2.10 Å². The maximum absolute atomic E-state index is 6.30. The highest BCUT2D eigenvalue weighted by molar-refractivity contribution is 8.31. The van der Waals surface area contributed by atoms with Gasteiger partial charge >= 0.3 is 0 Å². The van der Waals surface area contributed by atoms with E-state index in [2.05, 4.69) is 0 Å². The Bertz CT molecular complexity index is 651. The van der Waals surface area contributed by atoms with Crippen LogP contribution in [0.3, 0.4) is 0 Å². The van der Waals surface area contributed by atoms with Crippen molar-refractivity contribution in [3.63, 3.8) is 0 Å². The molecule has 0 aromatic heterocycles. The minimum absolute atomic E-state index is 0.553. The number of fused-ring (bicyclic) bond motifs is 2. The molecule has 0 radical (unpaired) electrons. The van der Waals surface area contributed by atoms with Gasteiger partial charge in [-0.3, -0.25) is 0 Å². The van der Waals surface area contributed by atoms with Crippen LogP contribution >= 0.6 is 94.2 Å². The highest BCUT2D eigenvalue weighted by Crippen LogP contribution is 2.73. The Morgan fingerprint density at radius 2 is 0.762 bits per heavy atom. The van der Waals surface area contributed by atoms with Crippen molar-refractivity contribution in [1.29, 1.82) is 0 Å². The van der Waals surface area contributed by atoms with Gasteiger partial charge in [-0.2, -0.15) is 0 Å². The van der Waals surface area contributed by atoms with Gasteiger partial charge in [-0.25, -0.2) is 0 Å². The number of benzene rings is 2. The van der Waals surface area contributed by atoms with Crippen molar-refractivity contribution in [2.24, 2.45) is 0 Å². The first kappa shape index (κ1) is 15.5. The summed E-state index contributed by atoms with van der Waals surface area (Å²) in [6, 6.07) is 7.32. The van der Waals surface area contributed by atoms with Gasteiger partial charge in [0.1, 0.15) is 19.6 Å². The van der Waals surface area contributed by atoms with Crippen molar-refractivity contribution in [3.8, 4) is 0 Å². The lowest BCUT2D eigenvalue weighted by molar-refractivity contribution is -0.267. The van der Waals surface area contributed by atoms with E-state index in [-0.39, 0.29) is 0 Å². The van der Waals surface area contributed by atoms with Gasteiger partial charge < -0.3 is 0 Å². The zero-order valence-electron chi connectivity index (χ0n) is 9.90. The SMILES string of the molecule is Clc1ccc(Cl)c2c1S[N+]1(S2)Sc2c(Cl)ccc(Cl)c2S1. The Labute approximate surface area is 159 Å². The van der Waals surface area contributed by atoms with Crippen LogP contribution in [0.4, 0.5) is 0 Å². The van der Waals surface area contributed by atoms with Crippen LogP contribution in [0.1, 0.15) is 0 Å². The summed E-state index contributed by atoms with van der Waals surface area (Å²) in [5.74, 6) is 0. The molecule has 9 heteroatoms. The predicted molar refractivity (Wildman–Crippen MR) is 96.6 cm³/mol. The van der Waals surface area contributed by atoms with E-state index in [1.165, 1.54) is 0 Å². The molecule has 2 aliphatic heterocycles. The summed E-state index contributed by atoms with van der Waals surface area (Å²) >= 11 is 31.8. The van der Waals surface area contributed by atoms with Gasteiger partial charge in [0.05, 0.1) is 20.1 Å². The molecule has 2 aliphatic rings. The number of halogens is 4. The van der Waals surface area contributed by atoms with Gasteiger partial charge in [-0.1, -0.05) is 48.5 Å². The average Bonchev–Trinajstić information content (AvgIpc) is 3.02. The number of rotatable bonds is 0. The van der Waals surface area contributed by atoms with Crippen LogP contribution in [-0.4, -0.2) is 2.10 Å². The van der Waals surface area contributed by atoms with Crippen molar-refractivity contribution >= 4 is 94.2 Å². The summed E-state index contributed by atoms with van der Waals surface area (Å²) in [5, 5.41) is 2.88. The van der Waals surface area contributed by atoms with Crippen LogP contribution in [0.15, 0.2) is 43.8 Å². The lowest BCUT2D eigenvalue weighted by atomic mass is 10.3. The Kier molecular flexibility index (Phi) is 4.06. The molecular formula is C12H4Cl4NS4+. The fourth-order valence-corrected chi connectivity index (χ4v) is 9.51. The summed E-state index contributed by atoms with van der Waals surface area (Å²) in [7, 11) is 0. The Hall–Kier alpha value is 0.960. The van der Waals surface area contributed by atoms with E-state index in [4.69, 9.17) is 46.4 Å². The van der Waals surface area contributed by atoms with E-state index in [0.717, 1.165) is 39.7 Å². The van der Waals surface area contributed by atoms with Crippen LogP contribution in [0.5, 0.6) is 0 Å². The summed E-state index contributed by atoms with van der Waals surface area (Å²) in [6.45, 7) is 0. The zero-order chi connectivity index (χ0) is 14.8. The Morgan fingerprint density at radius 3 is 1.00 bits per heavy atom. The summed E-state index contributed by atoms with van der Waals surface area (Å²) < 4.78 is 0.553. The smallest absolute Gasteiger partial charge is 0.0828 e. The number of hydrogen-bond donors (Lipinski definition) is 0. The van der Waals surface area contributed by atoms with Gasteiger partial charge in [0.15, 0.2) is 47.8 Å². The molecular weight excluding hydrogens is 428 g/mol. The van der Waals surface area contributed by atoms with E-state index >= 15 is 0 Å². The Morgan fingerprint density at radius 1 is 0.524 bits per heavy atom. The maximum Gasteiger partial charge on any atom is 0.155 e. The highest BCUT2D eigenvalue weighted by atomic mass is 35.5. The van der Waals surface area contributed by atoms with E-state index < -0.39 is 0 Å². The lowest BCUT2D eigenvalue weighted by Gasteiger charge is -2.14. The largest absolute Gasteiger partial charge is 0.155 e. The zero-order valence-corrected chi connectivity index (χ0v) is 16.2. The van der Waals surface area contributed by atoms with Gasteiger partial charge in [-0.05, 0) is 24.3 Å². The van der Waals surface area contributed by atoms with Crippen LogP contribution in [-0.2, 0) is 0 Å². The third-order valence-corrected chi connectivity index (χ3v) is 10.8. The molecule has 1 nitrogen and oxygen atoms in total. The second-order valence-corrected chi connectivity index (χ2v) is 11.8. The third-order valence-electron chi connectivity index (χ3n) is 2.84. The topological polar surface area (TPSA) is 0 Å². The maximum atomic E-state index is 6.30. The van der Waals surface area contributed by atoms with E-state index in [0.29, 0.717) is 2.10 Å². The molecule has 2 aromatic rings. The molecule has 2 aromatic carbocycles. The first-order valence-electron chi connectivity index (χ1n) is 5.62. The minimum Gasteiger partial charge on any atom is -0.0828 e. The quantitative estimate of drug-likeness (QED) is 0.307. The number of quaternary nitrogens is 1. The molecule has 0 unspecified atom stereocenters. The first-order valence-corrected chi connectivity index (χ1v) is 10.2. The van der Waals surface area contributed by atoms with E-state index in [1.54, 1.807) is 47.8 Å². The molecule has 0 aliphatic carbocycles. The molecule has 0 saturated heterocycles. The molecule has 0 N–H and O–H groups in total. The van der Waals surface area contributed by atoms with Crippen LogP contribution in [0.2, 0.25) is 20.1 Å². The molecule has 21 heavy (non-hydrogen) atoms. The predicted octanol–water partition coefficient (Wildman–Crippen LogP) is 7.87. The van der Waals surface area contributed by atoms with Gasteiger partial charge in [0.2, 0.25) is 0 Å². The van der Waals surface area contributed by atoms with Crippen molar-refractivity contribution in [2.75, 3.05) is 0 Å². The molecule has 0 saturated carbocycles. The summed E-state index contributed by atoms with van der Waals surface area (Å²) in [5.41, 5.74) is 0. The molecule has 0 amide bonds. The molecule has 4 rings (SSSR count). The second-order valence-electron chi connectivity index (χ2n) is 4.19. The highest BCUT2D eigenvalue weighted by Gasteiger charge is 2.54. The number of nitrogens with zero attached hydrogens (tertiary/aromatic N) is 1. The van der Waals surface area contributed by atoms with Crippen LogP contribution < -0.4 is 0 Å². The first-order chi connectivity index (χ1) is 9.99.